The van der Waals surface area contributed by atoms with Crippen LogP contribution in [0.5, 0.6) is 0 Å². The number of aliphatic hydroxyl groups is 1. The summed E-state index contributed by atoms with van der Waals surface area (Å²) >= 11 is 0. The van der Waals surface area contributed by atoms with E-state index in [2.05, 4.69) is 30.2 Å². The van der Waals surface area contributed by atoms with E-state index in [0.29, 0.717) is 29.9 Å². The molecule has 0 amide bonds. The van der Waals surface area contributed by atoms with Crippen molar-refractivity contribution < 1.29 is 15.5 Å². The first-order valence-corrected chi connectivity index (χ1v) is 10.1. The smallest absolute Gasteiger partial charge is 0.111 e. The minimum atomic E-state index is -0.975. The van der Waals surface area contributed by atoms with Crippen LogP contribution in [0.3, 0.4) is 0 Å². The van der Waals surface area contributed by atoms with Crippen molar-refractivity contribution in [3.05, 3.63) is 11.6 Å². The summed E-state index contributed by atoms with van der Waals surface area (Å²) in [6.45, 7) is 6.40. The van der Waals surface area contributed by atoms with Gasteiger partial charge < -0.3 is 15.5 Å². The van der Waals surface area contributed by atoms with Crippen molar-refractivity contribution in [3.8, 4) is 0 Å². The molecule has 0 radical (unpaired) electrons. The van der Waals surface area contributed by atoms with Gasteiger partial charge in [-0.1, -0.05) is 29.7 Å². The van der Waals surface area contributed by atoms with Crippen LogP contribution in [-0.2, 0) is 0 Å². The first-order chi connectivity index (χ1) is 12.3. The number of fused-ring (bicyclic) bond motifs is 5. The lowest BCUT2D eigenvalue weighted by Gasteiger charge is -2.59. The van der Waals surface area contributed by atoms with Crippen LogP contribution in [0.1, 0.15) is 72.1 Å². The molecule has 144 valence electrons. The highest BCUT2D eigenvalue weighted by atomic mass is 16.4. The van der Waals surface area contributed by atoms with Crippen molar-refractivity contribution in [3.63, 3.8) is 0 Å². The van der Waals surface area contributed by atoms with Crippen molar-refractivity contribution in [1.82, 2.24) is 0 Å². The van der Waals surface area contributed by atoms with Gasteiger partial charge in [-0.05, 0) is 87.5 Å². The Morgan fingerprint density at radius 2 is 1.77 bits per heavy atom. The number of oxime groups is 2. The van der Waals surface area contributed by atoms with Crippen molar-refractivity contribution >= 4 is 11.4 Å². The van der Waals surface area contributed by atoms with Gasteiger partial charge in [-0.3, -0.25) is 0 Å². The molecule has 0 unspecified atom stereocenters. The van der Waals surface area contributed by atoms with E-state index in [1.807, 2.05) is 0 Å². The first kappa shape index (κ1) is 18.0. The number of rotatable bonds is 1. The van der Waals surface area contributed by atoms with Crippen LogP contribution in [0.15, 0.2) is 22.0 Å². The Kier molecular flexibility index (Phi) is 4.03. The van der Waals surface area contributed by atoms with Gasteiger partial charge in [0.1, 0.15) is 5.60 Å². The quantitative estimate of drug-likeness (QED) is 0.369. The van der Waals surface area contributed by atoms with Gasteiger partial charge in [-0.2, -0.15) is 0 Å². The molecule has 4 aliphatic carbocycles. The van der Waals surface area contributed by atoms with E-state index in [1.54, 1.807) is 6.92 Å². The fourth-order valence-electron chi connectivity index (χ4n) is 7.34. The Bertz CT molecular complexity index is 699. The Balaban J connectivity index is 1.68. The van der Waals surface area contributed by atoms with Gasteiger partial charge >= 0.3 is 0 Å². The van der Waals surface area contributed by atoms with E-state index in [-0.39, 0.29) is 10.8 Å². The van der Waals surface area contributed by atoms with E-state index >= 15 is 0 Å². The fraction of sp³-hybridized carbons (Fsp3) is 0.810. The van der Waals surface area contributed by atoms with Crippen LogP contribution in [-0.4, -0.2) is 32.5 Å². The van der Waals surface area contributed by atoms with Gasteiger partial charge in [-0.15, -0.1) is 0 Å². The second-order valence-electron chi connectivity index (χ2n) is 9.63. The second kappa shape index (κ2) is 5.82. The number of hydrogen-bond acceptors (Lipinski definition) is 5. The highest BCUT2D eigenvalue weighted by Gasteiger charge is 2.64. The Labute approximate surface area is 155 Å². The van der Waals surface area contributed by atoms with Crippen LogP contribution in [0.2, 0.25) is 0 Å². The number of hydrogen-bond donors (Lipinski definition) is 3. The van der Waals surface area contributed by atoms with Crippen LogP contribution < -0.4 is 0 Å². The summed E-state index contributed by atoms with van der Waals surface area (Å²) in [4.78, 5) is 0. The molecule has 5 heteroatoms. The molecule has 26 heavy (non-hydrogen) atoms. The molecule has 4 rings (SSSR count). The molecular formula is C21H32N2O3. The molecule has 3 fully saturated rings. The predicted octanol–water partition coefficient (Wildman–Crippen LogP) is 4.36. The summed E-state index contributed by atoms with van der Waals surface area (Å²) in [5.74, 6) is 1.73. The zero-order chi connectivity index (χ0) is 18.7. The van der Waals surface area contributed by atoms with E-state index in [9.17, 15) is 15.5 Å². The average Bonchev–Trinajstić information content (AvgIpc) is 2.92. The normalized spacial score (nSPS) is 50.0. The van der Waals surface area contributed by atoms with E-state index in [1.165, 1.54) is 5.57 Å². The summed E-state index contributed by atoms with van der Waals surface area (Å²) in [6.07, 6.45) is 10.1. The highest BCUT2D eigenvalue weighted by Crippen LogP contribution is 2.67. The molecule has 0 spiro atoms. The Hall–Kier alpha value is -1.36. The summed E-state index contributed by atoms with van der Waals surface area (Å²) in [5, 5.41) is 36.8. The average molecular weight is 360 g/mol. The zero-order valence-electron chi connectivity index (χ0n) is 16.2. The lowest BCUT2D eigenvalue weighted by atomic mass is 9.46. The van der Waals surface area contributed by atoms with E-state index in [0.717, 1.165) is 50.7 Å². The van der Waals surface area contributed by atoms with Crippen molar-refractivity contribution in [2.24, 2.45) is 38.9 Å². The molecule has 0 bridgehead atoms. The molecule has 4 aliphatic rings. The third-order valence-electron chi connectivity index (χ3n) is 9.01. The number of nitrogens with zero attached hydrogens (tertiary/aromatic N) is 2. The molecule has 0 heterocycles. The molecule has 6 atom stereocenters. The fourth-order valence-corrected chi connectivity index (χ4v) is 7.34. The third-order valence-corrected chi connectivity index (χ3v) is 9.01. The van der Waals surface area contributed by atoms with E-state index < -0.39 is 5.60 Å². The maximum Gasteiger partial charge on any atom is 0.111 e. The zero-order valence-corrected chi connectivity index (χ0v) is 16.2. The van der Waals surface area contributed by atoms with E-state index in [4.69, 9.17) is 0 Å². The maximum atomic E-state index is 11.4. The van der Waals surface area contributed by atoms with Gasteiger partial charge in [0.25, 0.3) is 0 Å². The molecule has 0 aromatic heterocycles. The predicted molar refractivity (Wildman–Crippen MR) is 101 cm³/mol. The summed E-state index contributed by atoms with van der Waals surface area (Å²) in [7, 11) is 0. The second-order valence-corrected chi connectivity index (χ2v) is 9.63. The molecule has 5 nitrogen and oxygen atoms in total. The molecule has 0 aromatic rings. The van der Waals surface area contributed by atoms with Crippen molar-refractivity contribution in [1.29, 1.82) is 0 Å². The monoisotopic (exact) mass is 360 g/mol. The maximum absolute atomic E-state index is 11.4. The molecule has 0 aromatic carbocycles. The van der Waals surface area contributed by atoms with Crippen LogP contribution in [0.4, 0.5) is 0 Å². The van der Waals surface area contributed by atoms with Gasteiger partial charge in [0.15, 0.2) is 0 Å². The van der Waals surface area contributed by atoms with Gasteiger partial charge in [0, 0.05) is 5.41 Å². The summed E-state index contributed by atoms with van der Waals surface area (Å²) < 4.78 is 0. The Morgan fingerprint density at radius 3 is 2.46 bits per heavy atom. The summed E-state index contributed by atoms with van der Waals surface area (Å²) in [5.41, 5.74) is 1.78. The molecule has 0 aliphatic heterocycles. The molecular weight excluding hydrogens is 328 g/mol. The van der Waals surface area contributed by atoms with Gasteiger partial charge in [0.2, 0.25) is 0 Å². The summed E-state index contributed by atoms with van der Waals surface area (Å²) in [6, 6.07) is 0. The minimum Gasteiger partial charge on any atom is -0.411 e. The van der Waals surface area contributed by atoms with Crippen LogP contribution >= 0.6 is 0 Å². The number of allylic oxidation sites excluding steroid dienone is 2. The third kappa shape index (κ3) is 2.12. The minimum absolute atomic E-state index is 0.194. The highest BCUT2D eigenvalue weighted by molar-refractivity contribution is 5.96. The van der Waals surface area contributed by atoms with Crippen LogP contribution in [0, 0.1) is 28.6 Å². The van der Waals surface area contributed by atoms with Crippen LogP contribution in [0.25, 0.3) is 0 Å². The lowest BCUT2D eigenvalue weighted by Crippen LogP contribution is -2.57. The largest absolute Gasteiger partial charge is 0.411 e. The molecule has 3 N–H and O–H groups in total. The standard InChI is InChI=1S/C21H32N2O3/c1-13(22-25)21(24)11-8-18-16-5-4-14-12-15(23-26)6-9-19(14,2)17(16)7-10-20(18,21)3/h12,16-18,24-26H,4-11H2,1-3H3/t16-,17+,18+,19+,20+,21+/m0/s1. The van der Waals surface area contributed by atoms with Gasteiger partial charge in [-0.25, -0.2) is 0 Å². The lowest BCUT2D eigenvalue weighted by molar-refractivity contribution is -0.0952. The Morgan fingerprint density at radius 1 is 1.04 bits per heavy atom. The topological polar surface area (TPSA) is 85.4 Å². The first-order valence-electron chi connectivity index (χ1n) is 10.1. The SMILES string of the molecule is CC(=NO)[C@]1(O)CC[C@@H]2[C@H]3CCC4=CC(=NO)CC[C@@]4(C)[C@@H]3CC[C@]21C. The molecule has 3 saturated carbocycles. The van der Waals surface area contributed by atoms with Gasteiger partial charge in [0.05, 0.1) is 11.4 Å². The van der Waals surface area contributed by atoms with Crippen molar-refractivity contribution in [2.75, 3.05) is 0 Å². The molecule has 0 saturated heterocycles. The van der Waals surface area contributed by atoms with Crippen molar-refractivity contribution in [2.45, 2.75) is 77.7 Å².